The summed E-state index contributed by atoms with van der Waals surface area (Å²) in [4.78, 5) is 22.0. The molecule has 10 heteroatoms. The molecule has 0 aliphatic carbocycles. The first-order valence-electron chi connectivity index (χ1n) is 6.43. The monoisotopic (exact) mass is 353 g/mol. The van der Waals surface area contributed by atoms with Crippen LogP contribution in [0.5, 0.6) is 0 Å². The van der Waals surface area contributed by atoms with Gasteiger partial charge < -0.3 is 16.0 Å². The third kappa shape index (κ3) is 6.50. The molecule has 0 aliphatic rings. The third-order valence-electron chi connectivity index (χ3n) is 2.63. The Morgan fingerprint density at radius 2 is 2.13 bits per heavy atom. The van der Waals surface area contributed by atoms with E-state index in [4.69, 9.17) is 17.5 Å². The summed E-state index contributed by atoms with van der Waals surface area (Å²) in [5.41, 5.74) is 0.541. The number of carbonyl (C=O) groups is 1. The molecule has 0 spiro atoms. The number of nitro benzene ring substituents is 1. The number of nitriles is 1. The Bertz CT molecular complexity index is 615. The highest BCUT2D eigenvalue weighted by molar-refractivity contribution is 7.98. The molecule has 0 aliphatic heterocycles. The number of nitro groups is 1. The van der Waals surface area contributed by atoms with Crippen LogP contribution in [0, 0.1) is 21.4 Å². The summed E-state index contributed by atoms with van der Waals surface area (Å²) in [5.74, 6) is 0.146. The van der Waals surface area contributed by atoms with E-state index in [2.05, 4.69) is 16.0 Å². The lowest BCUT2D eigenvalue weighted by Crippen LogP contribution is -2.49. The molecule has 122 valence electrons. The molecule has 0 aromatic heterocycles. The third-order valence-corrected chi connectivity index (χ3v) is 3.52. The number of nitrogens with one attached hydrogen (secondary N) is 3. The van der Waals surface area contributed by atoms with Crippen molar-refractivity contribution in [1.29, 1.82) is 5.26 Å². The predicted molar refractivity (Wildman–Crippen MR) is 93.2 cm³/mol. The maximum Gasteiger partial charge on any atom is 0.269 e. The summed E-state index contributed by atoms with van der Waals surface area (Å²) in [5, 5.41) is 27.5. The van der Waals surface area contributed by atoms with Crippen LogP contribution in [-0.4, -0.2) is 40.5 Å². The fourth-order valence-electron chi connectivity index (χ4n) is 1.59. The fraction of sp³-hybridized carbons (Fsp3) is 0.308. The lowest BCUT2D eigenvalue weighted by Gasteiger charge is -2.19. The van der Waals surface area contributed by atoms with Gasteiger partial charge in [0.25, 0.3) is 5.69 Å². The molecule has 1 unspecified atom stereocenters. The van der Waals surface area contributed by atoms with Gasteiger partial charge in [-0.3, -0.25) is 14.9 Å². The van der Waals surface area contributed by atoms with Crippen molar-refractivity contribution in [2.24, 2.45) is 0 Å². The maximum atomic E-state index is 11.9. The fourth-order valence-corrected chi connectivity index (χ4v) is 2.42. The van der Waals surface area contributed by atoms with E-state index < -0.39 is 11.0 Å². The Morgan fingerprint density at radius 3 is 2.65 bits per heavy atom. The highest BCUT2D eigenvalue weighted by atomic mass is 32.2. The van der Waals surface area contributed by atoms with Gasteiger partial charge in [-0.15, -0.1) is 0 Å². The molecule has 1 amide bonds. The van der Waals surface area contributed by atoms with E-state index in [-0.39, 0.29) is 23.3 Å². The quantitative estimate of drug-likeness (QED) is 0.290. The van der Waals surface area contributed by atoms with E-state index in [1.165, 1.54) is 36.0 Å². The van der Waals surface area contributed by atoms with Crippen LogP contribution in [0.25, 0.3) is 0 Å². The van der Waals surface area contributed by atoms with Gasteiger partial charge in [-0.2, -0.15) is 17.0 Å². The number of non-ortho nitro benzene ring substituents is 1. The Morgan fingerprint density at radius 1 is 1.48 bits per heavy atom. The second-order valence-electron chi connectivity index (χ2n) is 4.29. The van der Waals surface area contributed by atoms with Crippen LogP contribution < -0.4 is 16.0 Å². The van der Waals surface area contributed by atoms with Crippen molar-refractivity contribution >= 4 is 46.4 Å². The molecule has 1 aromatic carbocycles. The van der Waals surface area contributed by atoms with E-state index in [0.717, 1.165) is 0 Å². The predicted octanol–water partition coefficient (Wildman–Crippen LogP) is 1.25. The van der Waals surface area contributed by atoms with Gasteiger partial charge in [-0.1, -0.05) is 0 Å². The number of benzene rings is 1. The minimum absolute atomic E-state index is 0.0226. The standard InChI is InChI=1S/C13H15N5O3S2/c1-23-8-11(12(19)15-7-6-14)17-13(22)16-9-2-4-10(5-3-9)18(20)21/h2-5,11H,7-8H2,1H3,(H,15,19)(H2,16,17,22). The molecule has 0 bridgehead atoms. The smallest absolute Gasteiger partial charge is 0.269 e. The number of amides is 1. The lowest BCUT2D eigenvalue weighted by molar-refractivity contribution is -0.384. The molecule has 1 rings (SSSR count). The van der Waals surface area contributed by atoms with Crippen LogP contribution in [0.3, 0.4) is 0 Å². The summed E-state index contributed by atoms with van der Waals surface area (Å²) < 4.78 is 0. The molecule has 3 N–H and O–H groups in total. The van der Waals surface area contributed by atoms with Crippen molar-refractivity contribution in [3.63, 3.8) is 0 Å². The summed E-state index contributed by atoms with van der Waals surface area (Å²) >= 11 is 6.59. The van der Waals surface area contributed by atoms with Crippen molar-refractivity contribution < 1.29 is 9.72 Å². The zero-order chi connectivity index (χ0) is 17.2. The van der Waals surface area contributed by atoms with Gasteiger partial charge in [0.2, 0.25) is 5.91 Å². The van der Waals surface area contributed by atoms with Crippen LogP contribution in [0.1, 0.15) is 0 Å². The van der Waals surface area contributed by atoms with Gasteiger partial charge in [-0.05, 0) is 30.6 Å². The first-order valence-corrected chi connectivity index (χ1v) is 8.23. The number of anilines is 1. The molecular weight excluding hydrogens is 338 g/mol. The van der Waals surface area contributed by atoms with E-state index in [1.54, 1.807) is 0 Å². The minimum atomic E-state index is -0.587. The van der Waals surface area contributed by atoms with Crippen molar-refractivity contribution in [3.05, 3.63) is 34.4 Å². The van der Waals surface area contributed by atoms with Gasteiger partial charge >= 0.3 is 0 Å². The van der Waals surface area contributed by atoms with Crippen molar-refractivity contribution in [2.45, 2.75) is 6.04 Å². The molecule has 8 nitrogen and oxygen atoms in total. The van der Waals surface area contributed by atoms with Crippen LogP contribution in [-0.2, 0) is 4.79 Å². The Labute approximate surface area is 142 Å². The molecule has 0 heterocycles. The van der Waals surface area contributed by atoms with Gasteiger partial charge in [0.1, 0.15) is 12.6 Å². The molecule has 1 aromatic rings. The molecular formula is C13H15N5O3S2. The van der Waals surface area contributed by atoms with Crippen LogP contribution in [0.4, 0.5) is 11.4 Å². The SMILES string of the molecule is CSCC(NC(=S)Nc1ccc([N+](=O)[O-])cc1)C(=O)NCC#N. The first kappa shape index (κ1) is 18.7. The van der Waals surface area contributed by atoms with E-state index in [9.17, 15) is 14.9 Å². The average Bonchev–Trinajstić information content (AvgIpc) is 2.52. The van der Waals surface area contributed by atoms with E-state index in [1.807, 2.05) is 12.3 Å². The van der Waals surface area contributed by atoms with Crippen molar-refractivity contribution in [3.8, 4) is 6.07 Å². The molecule has 23 heavy (non-hydrogen) atoms. The Kier molecular flexibility index (Phi) is 7.79. The molecule has 0 saturated carbocycles. The summed E-state index contributed by atoms with van der Waals surface area (Å²) in [6.07, 6.45) is 1.85. The van der Waals surface area contributed by atoms with E-state index >= 15 is 0 Å². The van der Waals surface area contributed by atoms with E-state index in [0.29, 0.717) is 11.4 Å². The summed E-state index contributed by atoms with van der Waals surface area (Å²) in [6.45, 7) is -0.0755. The number of carbonyl (C=O) groups excluding carboxylic acids is 1. The highest BCUT2D eigenvalue weighted by Gasteiger charge is 2.18. The second-order valence-corrected chi connectivity index (χ2v) is 5.61. The highest BCUT2D eigenvalue weighted by Crippen LogP contribution is 2.15. The normalized spacial score (nSPS) is 11.0. The van der Waals surface area contributed by atoms with Gasteiger partial charge in [0.05, 0.1) is 11.0 Å². The van der Waals surface area contributed by atoms with Crippen LogP contribution >= 0.6 is 24.0 Å². The lowest BCUT2D eigenvalue weighted by atomic mass is 10.3. The topological polar surface area (TPSA) is 120 Å². The summed E-state index contributed by atoms with van der Waals surface area (Å²) in [7, 11) is 0. The van der Waals surface area contributed by atoms with Gasteiger partial charge in [0, 0.05) is 23.6 Å². The minimum Gasteiger partial charge on any atom is -0.350 e. The van der Waals surface area contributed by atoms with Crippen molar-refractivity contribution in [2.75, 3.05) is 23.9 Å². The zero-order valence-electron chi connectivity index (χ0n) is 12.2. The Balaban J connectivity index is 2.62. The number of rotatable bonds is 7. The molecule has 0 saturated heterocycles. The van der Waals surface area contributed by atoms with Crippen molar-refractivity contribution in [1.82, 2.24) is 10.6 Å². The summed E-state index contributed by atoms with van der Waals surface area (Å²) in [6, 6.07) is 6.99. The molecule has 1 atom stereocenters. The second kappa shape index (κ2) is 9.60. The number of thiocarbonyl (C=S) groups is 1. The maximum absolute atomic E-state index is 11.9. The Hall–Kier alpha value is -2.38. The van der Waals surface area contributed by atoms with Gasteiger partial charge in [-0.25, -0.2) is 0 Å². The zero-order valence-corrected chi connectivity index (χ0v) is 13.9. The number of hydrogen-bond acceptors (Lipinski definition) is 6. The molecule has 0 fully saturated rings. The average molecular weight is 353 g/mol. The number of hydrogen-bond donors (Lipinski definition) is 3. The number of thioether (sulfide) groups is 1. The van der Waals surface area contributed by atoms with Crippen LogP contribution in [0.15, 0.2) is 24.3 Å². The number of nitrogens with zero attached hydrogens (tertiary/aromatic N) is 2. The molecule has 0 radical (unpaired) electrons. The van der Waals surface area contributed by atoms with Crippen LogP contribution in [0.2, 0.25) is 0 Å². The van der Waals surface area contributed by atoms with Gasteiger partial charge in [0.15, 0.2) is 5.11 Å². The largest absolute Gasteiger partial charge is 0.350 e. The first-order chi connectivity index (χ1) is 11.0.